The van der Waals surface area contributed by atoms with Gasteiger partial charge >= 0.3 is 0 Å². The molecule has 0 amide bonds. The first kappa shape index (κ1) is 9.27. The molecule has 2 heterocycles. The SMILES string of the molecule is N#CC1=COC2=C(COC2)C1(C#N)C#N. The lowest BCUT2D eigenvalue weighted by atomic mass is 9.76. The standard InChI is InChI=1S/C10H5N3O2/c11-1-7-2-15-9-4-14-3-8(9)10(7,5-12)6-13/h2H,3-4H2. The van der Waals surface area contributed by atoms with Crippen LogP contribution >= 0.6 is 0 Å². The van der Waals surface area contributed by atoms with Crippen molar-refractivity contribution in [3.8, 4) is 18.2 Å². The largest absolute Gasteiger partial charge is 0.466 e. The van der Waals surface area contributed by atoms with Crippen LogP contribution in [0.1, 0.15) is 0 Å². The highest BCUT2D eigenvalue weighted by molar-refractivity contribution is 5.54. The molecule has 0 aromatic heterocycles. The zero-order chi connectivity index (χ0) is 10.9. The fourth-order valence-electron chi connectivity index (χ4n) is 1.61. The quantitative estimate of drug-likeness (QED) is 0.574. The van der Waals surface area contributed by atoms with Crippen molar-refractivity contribution in [1.82, 2.24) is 0 Å². The van der Waals surface area contributed by atoms with Gasteiger partial charge in [0.25, 0.3) is 0 Å². The van der Waals surface area contributed by atoms with Crippen LogP contribution in [0.2, 0.25) is 0 Å². The van der Waals surface area contributed by atoms with E-state index < -0.39 is 5.41 Å². The molecule has 0 aliphatic carbocycles. The van der Waals surface area contributed by atoms with E-state index in [0.29, 0.717) is 11.3 Å². The minimum Gasteiger partial charge on any atom is -0.466 e. The van der Waals surface area contributed by atoms with Crippen LogP contribution in [-0.2, 0) is 9.47 Å². The van der Waals surface area contributed by atoms with Crippen molar-refractivity contribution in [1.29, 1.82) is 15.8 Å². The lowest BCUT2D eigenvalue weighted by molar-refractivity contribution is 0.177. The van der Waals surface area contributed by atoms with Crippen LogP contribution < -0.4 is 0 Å². The summed E-state index contributed by atoms with van der Waals surface area (Å²) < 4.78 is 10.2. The molecule has 0 radical (unpaired) electrons. The van der Waals surface area contributed by atoms with Gasteiger partial charge in [0.15, 0.2) is 0 Å². The molecular weight excluding hydrogens is 194 g/mol. The Morgan fingerprint density at radius 3 is 2.53 bits per heavy atom. The summed E-state index contributed by atoms with van der Waals surface area (Å²) in [4.78, 5) is 0. The van der Waals surface area contributed by atoms with Crippen LogP contribution in [0.25, 0.3) is 0 Å². The van der Waals surface area contributed by atoms with E-state index in [1.165, 1.54) is 0 Å². The molecule has 0 spiro atoms. The van der Waals surface area contributed by atoms with Gasteiger partial charge in [-0.15, -0.1) is 0 Å². The highest BCUT2D eigenvalue weighted by Crippen LogP contribution is 2.42. The van der Waals surface area contributed by atoms with E-state index in [1.807, 2.05) is 18.2 Å². The first-order valence-corrected chi connectivity index (χ1v) is 4.18. The normalized spacial score (nSPS) is 21.5. The van der Waals surface area contributed by atoms with Gasteiger partial charge in [0, 0.05) is 5.57 Å². The van der Waals surface area contributed by atoms with Gasteiger partial charge in [-0.05, 0) is 0 Å². The Balaban J connectivity index is 2.61. The average Bonchev–Trinajstić information content (AvgIpc) is 2.76. The van der Waals surface area contributed by atoms with Gasteiger partial charge in [-0.2, -0.15) is 15.8 Å². The maximum absolute atomic E-state index is 9.08. The van der Waals surface area contributed by atoms with Crippen molar-refractivity contribution in [2.45, 2.75) is 0 Å². The van der Waals surface area contributed by atoms with Crippen LogP contribution in [0.5, 0.6) is 0 Å². The molecule has 2 rings (SSSR count). The summed E-state index contributed by atoms with van der Waals surface area (Å²) in [5.41, 5.74) is -1.07. The second-order valence-electron chi connectivity index (χ2n) is 3.13. The fourth-order valence-corrected chi connectivity index (χ4v) is 1.61. The maximum atomic E-state index is 9.08. The van der Waals surface area contributed by atoms with E-state index in [2.05, 4.69) is 0 Å². The van der Waals surface area contributed by atoms with E-state index in [9.17, 15) is 0 Å². The van der Waals surface area contributed by atoms with E-state index in [4.69, 9.17) is 25.3 Å². The smallest absolute Gasteiger partial charge is 0.208 e. The lowest BCUT2D eigenvalue weighted by Gasteiger charge is -2.23. The number of nitriles is 3. The van der Waals surface area contributed by atoms with Crippen molar-refractivity contribution in [3.05, 3.63) is 23.2 Å². The zero-order valence-electron chi connectivity index (χ0n) is 7.65. The first-order chi connectivity index (χ1) is 7.28. The van der Waals surface area contributed by atoms with Crippen LogP contribution in [0.4, 0.5) is 0 Å². The molecule has 0 N–H and O–H groups in total. The highest BCUT2D eigenvalue weighted by Gasteiger charge is 2.46. The van der Waals surface area contributed by atoms with Gasteiger partial charge in [0.2, 0.25) is 5.41 Å². The third kappa shape index (κ3) is 1.03. The summed E-state index contributed by atoms with van der Waals surface area (Å²) in [7, 11) is 0. The van der Waals surface area contributed by atoms with Crippen LogP contribution in [-0.4, -0.2) is 13.2 Å². The zero-order valence-corrected chi connectivity index (χ0v) is 7.65. The Hall–Kier alpha value is -2.29. The summed E-state index contributed by atoms with van der Waals surface area (Å²) in [6.45, 7) is 0.408. The van der Waals surface area contributed by atoms with Crippen molar-refractivity contribution in [3.63, 3.8) is 0 Å². The van der Waals surface area contributed by atoms with Crippen LogP contribution in [0.3, 0.4) is 0 Å². The Labute approximate surface area is 86.0 Å². The average molecular weight is 199 g/mol. The Morgan fingerprint density at radius 2 is 1.93 bits per heavy atom. The van der Waals surface area contributed by atoms with Gasteiger partial charge in [-0.1, -0.05) is 0 Å². The van der Waals surface area contributed by atoms with Gasteiger partial charge < -0.3 is 9.47 Å². The molecular formula is C10H5N3O2. The van der Waals surface area contributed by atoms with Gasteiger partial charge in [0.1, 0.15) is 30.3 Å². The molecule has 0 aromatic rings. The van der Waals surface area contributed by atoms with Crippen molar-refractivity contribution in [2.75, 3.05) is 13.2 Å². The Kier molecular flexibility index (Phi) is 1.94. The van der Waals surface area contributed by atoms with Crippen molar-refractivity contribution >= 4 is 0 Å². The molecule has 0 unspecified atom stereocenters. The van der Waals surface area contributed by atoms with E-state index in [-0.39, 0.29) is 18.8 Å². The highest BCUT2D eigenvalue weighted by atomic mass is 16.5. The van der Waals surface area contributed by atoms with Gasteiger partial charge in [-0.25, -0.2) is 0 Å². The van der Waals surface area contributed by atoms with Gasteiger partial charge in [-0.3, -0.25) is 0 Å². The Morgan fingerprint density at radius 1 is 1.20 bits per heavy atom. The molecule has 2 aliphatic rings. The molecule has 2 aliphatic heterocycles. The molecule has 5 heteroatoms. The van der Waals surface area contributed by atoms with Crippen LogP contribution in [0, 0.1) is 39.4 Å². The lowest BCUT2D eigenvalue weighted by Crippen LogP contribution is -2.26. The summed E-state index contributed by atoms with van der Waals surface area (Å²) in [5, 5.41) is 27.0. The predicted molar refractivity (Wildman–Crippen MR) is 46.3 cm³/mol. The summed E-state index contributed by atoms with van der Waals surface area (Å²) in [5.74, 6) is 0.470. The molecule has 0 bridgehead atoms. The monoisotopic (exact) mass is 199 g/mol. The number of hydrogen-bond donors (Lipinski definition) is 0. The molecule has 0 saturated carbocycles. The molecule has 0 saturated heterocycles. The minimum absolute atomic E-state index is 0.0109. The summed E-state index contributed by atoms with van der Waals surface area (Å²) >= 11 is 0. The molecule has 15 heavy (non-hydrogen) atoms. The van der Waals surface area contributed by atoms with Gasteiger partial charge in [0.05, 0.1) is 18.7 Å². The van der Waals surface area contributed by atoms with E-state index in [0.717, 1.165) is 6.26 Å². The second kappa shape index (κ2) is 3.13. The Bertz CT molecular complexity index is 482. The van der Waals surface area contributed by atoms with Crippen LogP contribution in [0.15, 0.2) is 23.2 Å². The molecule has 0 fully saturated rings. The number of ether oxygens (including phenoxy) is 2. The van der Waals surface area contributed by atoms with E-state index in [1.54, 1.807) is 0 Å². The molecule has 72 valence electrons. The summed E-state index contributed by atoms with van der Waals surface area (Å²) in [6.07, 6.45) is 1.15. The molecule has 5 nitrogen and oxygen atoms in total. The number of hydrogen-bond acceptors (Lipinski definition) is 5. The van der Waals surface area contributed by atoms with Crippen molar-refractivity contribution < 1.29 is 9.47 Å². The first-order valence-electron chi connectivity index (χ1n) is 4.18. The maximum Gasteiger partial charge on any atom is 0.208 e. The third-order valence-corrected chi connectivity index (χ3v) is 2.45. The predicted octanol–water partition coefficient (Wildman–Crippen LogP) is 0.742. The van der Waals surface area contributed by atoms with Crippen molar-refractivity contribution in [2.24, 2.45) is 5.41 Å². The molecule has 0 aromatic carbocycles. The molecule has 0 atom stereocenters. The third-order valence-electron chi connectivity index (χ3n) is 2.45. The second-order valence-corrected chi connectivity index (χ2v) is 3.13. The minimum atomic E-state index is -1.53. The number of rotatable bonds is 0. The summed E-state index contributed by atoms with van der Waals surface area (Å²) in [6, 6.07) is 5.55. The topological polar surface area (TPSA) is 89.8 Å². The number of allylic oxidation sites excluding steroid dienone is 1. The number of nitrogens with zero attached hydrogens (tertiary/aromatic N) is 3. The van der Waals surface area contributed by atoms with E-state index >= 15 is 0 Å². The fraction of sp³-hybridized carbons (Fsp3) is 0.300.